The molecule has 1 aromatic rings. The smallest absolute Gasteiger partial charge is 0.229 e. The number of aliphatic hydroxyl groups is 1. The molecule has 3 rings (SSSR count). The third kappa shape index (κ3) is 4.68. The minimum atomic E-state index is -0.0997. The topological polar surface area (TPSA) is 90.5 Å². The average Bonchev–Trinajstić information content (AvgIpc) is 3.07. The first-order valence-corrected chi connectivity index (χ1v) is 8.74. The van der Waals surface area contributed by atoms with Crippen molar-refractivity contribution >= 4 is 17.6 Å². The van der Waals surface area contributed by atoms with Crippen LogP contribution in [0.3, 0.4) is 0 Å². The molecule has 4 N–H and O–H groups in total. The first-order chi connectivity index (χ1) is 11.2. The van der Waals surface area contributed by atoms with E-state index in [0.29, 0.717) is 5.82 Å². The summed E-state index contributed by atoms with van der Waals surface area (Å²) >= 11 is 0. The van der Waals surface area contributed by atoms with Crippen molar-refractivity contribution in [2.75, 3.05) is 55.2 Å². The zero-order valence-corrected chi connectivity index (χ0v) is 13.7. The highest BCUT2D eigenvalue weighted by Gasteiger charge is 2.17. The normalized spacial score (nSPS) is 20.1. The predicted molar refractivity (Wildman–Crippen MR) is 92.7 cm³/mol. The molecule has 7 nitrogen and oxygen atoms in total. The van der Waals surface area contributed by atoms with Crippen molar-refractivity contribution in [3.05, 3.63) is 6.07 Å². The second-order valence-corrected chi connectivity index (χ2v) is 6.53. The Morgan fingerprint density at radius 1 is 1.17 bits per heavy atom. The number of aliphatic hydroxyl groups excluding tert-OH is 1. The number of piperidine rings is 1. The maximum atomic E-state index is 9.52. The van der Waals surface area contributed by atoms with Crippen molar-refractivity contribution < 1.29 is 5.11 Å². The van der Waals surface area contributed by atoms with Gasteiger partial charge in [-0.05, 0) is 38.6 Å². The van der Waals surface area contributed by atoms with Crippen LogP contribution in [-0.4, -0.2) is 65.3 Å². The lowest BCUT2D eigenvalue weighted by Gasteiger charge is -2.29. The van der Waals surface area contributed by atoms with Gasteiger partial charge in [0.1, 0.15) is 11.6 Å². The van der Waals surface area contributed by atoms with E-state index in [2.05, 4.69) is 25.1 Å². The molecule has 2 fully saturated rings. The third-order valence-corrected chi connectivity index (χ3v) is 4.64. The molecule has 0 aliphatic carbocycles. The van der Waals surface area contributed by atoms with Gasteiger partial charge in [-0.15, -0.1) is 0 Å². The molecule has 2 aliphatic rings. The standard InChI is InChI=1S/C16H28N6O/c17-14-12-15(20-16(19-14)22-8-1-2-9-22)18-6-3-7-21-10-4-13(23)5-11-21/h12-13,23H,1-11H2,(H3,17,18,19,20). The van der Waals surface area contributed by atoms with E-state index in [1.54, 1.807) is 6.07 Å². The predicted octanol–water partition coefficient (Wildman–Crippen LogP) is 0.918. The molecular weight excluding hydrogens is 292 g/mol. The van der Waals surface area contributed by atoms with Crippen LogP contribution in [-0.2, 0) is 0 Å². The molecule has 0 aromatic carbocycles. The molecule has 0 saturated carbocycles. The quantitative estimate of drug-likeness (QED) is 0.671. The van der Waals surface area contributed by atoms with E-state index in [4.69, 9.17) is 5.73 Å². The fourth-order valence-corrected chi connectivity index (χ4v) is 3.26. The van der Waals surface area contributed by atoms with Gasteiger partial charge >= 0.3 is 0 Å². The molecule has 0 atom stereocenters. The van der Waals surface area contributed by atoms with Crippen LogP contribution in [0, 0.1) is 0 Å². The van der Waals surface area contributed by atoms with Crippen LogP contribution in [0.4, 0.5) is 17.6 Å². The number of rotatable bonds is 6. The van der Waals surface area contributed by atoms with Gasteiger partial charge in [0, 0.05) is 38.8 Å². The van der Waals surface area contributed by atoms with Gasteiger partial charge in [-0.3, -0.25) is 0 Å². The SMILES string of the molecule is Nc1cc(NCCCN2CCC(O)CC2)nc(N2CCCC2)n1. The maximum absolute atomic E-state index is 9.52. The minimum Gasteiger partial charge on any atom is -0.393 e. The van der Waals surface area contributed by atoms with Crippen LogP contribution in [0.5, 0.6) is 0 Å². The van der Waals surface area contributed by atoms with E-state index >= 15 is 0 Å². The van der Waals surface area contributed by atoms with E-state index in [9.17, 15) is 5.11 Å². The molecule has 7 heteroatoms. The molecule has 0 radical (unpaired) electrons. The Balaban J connectivity index is 1.44. The van der Waals surface area contributed by atoms with E-state index in [-0.39, 0.29) is 6.10 Å². The Bertz CT molecular complexity index is 497. The molecular formula is C16H28N6O. The van der Waals surface area contributed by atoms with E-state index in [0.717, 1.165) is 70.3 Å². The summed E-state index contributed by atoms with van der Waals surface area (Å²) in [6.45, 7) is 5.96. The molecule has 2 saturated heterocycles. The number of nitrogens with one attached hydrogen (secondary N) is 1. The fraction of sp³-hybridized carbons (Fsp3) is 0.750. The first-order valence-electron chi connectivity index (χ1n) is 8.74. The van der Waals surface area contributed by atoms with Gasteiger partial charge in [0.25, 0.3) is 0 Å². The Kier molecular flexibility index (Phi) is 5.51. The summed E-state index contributed by atoms with van der Waals surface area (Å²) in [4.78, 5) is 13.5. The van der Waals surface area contributed by atoms with Crippen LogP contribution in [0.1, 0.15) is 32.1 Å². The van der Waals surface area contributed by atoms with Crippen molar-refractivity contribution in [2.45, 2.75) is 38.2 Å². The van der Waals surface area contributed by atoms with Crippen molar-refractivity contribution in [1.29, 1.82) is 0 Å². The number of hydrogen-bond donors (Lipinski definition) is 3. The molecule has 0 unspecified atom stereocenters. The molecule has 23 heavy (non-hydrogen) atoms. The molecule has 128 valence electrons. The van der Waals surface area contributed by atoms with Crippen LogP contribution < -0.4 is 16.0 Å². The highest BCUT2D eigenvalue weighted by molar-refractivity contribution is 5.51. The molecule has 0 spiro atoms. The second-order valence-electron chi connectivity index (χ2n) is 6.53. The van der Waals surface area contributed by atoms with Crippen molar-refractivity contribution in [2.24, 2.45) is 0 Å². The summed E-state index contributed by atoms with van der Waals surface area (Å²) in [6, 6.07) is 1.80. The zero-order chi connectivity index (χ0) is 16.1. The first kappa shape index (κ1) is 16.3. The highest BCUT2D eigenvalue weighted by atomic mass is 16.3. The van der Waals surface area contributed by atoms with Gasteiger partial charge in [-0.1, -0.05) is 0 Å². The van der Waals surface area contributed by atoms with Crippen molar-refractivity contribution in [1.82, 2.24) is 14.9 Å². The summed E-state index contributed by atoms with van der Waals surface area (Å²) in [6.07, 6.45) is 5.15. The van der Waals surface area contributed by atoms with Gasteiger partial charge in [0.2, 0.25) is 5.95 Å². The third-order valence-electron chi connectivity index (χ3n) is 4.64. The number of aromatic nitrogens is 2. The largest absolute Gasteiger partial charge is 0.393 e. The van der Waals surface area contributed by atoms with E-state index < -0.39 is 0 Å². The fourth-order valence-electron chi connectivity index (χ4n) is 3.26. The number of nitrogens with two attached hydrogens (primary N) is 1. The lowest BCUT2D eigenvalue weighted by molar-refractivity contribution is 0.0825. The zero-order valence-electron chi connectivity index (χ0n) is 13.7. The molecule has 1 aromatic heterocycles. The Morgan fingerprint density at radius 3 is 2.65 bits per heavy atom. The summed E-state index contributed by atoms with van der Waals surface area (Å²) in [5.41, 5.74) is 5.91. The lowest BCUT2D eigenvalue weighted by atomic mass is 10.1. The maximum Gasteiger partial charge on any atom is 0.229 e. The number of anilines is 3. The molecule has 0 bridgehead atoms. The Morgan fingerprint density at radius 2 is 1.91 bits per heavy atom. The van der Waals surface area contributed by atoms with E-state index in [1.807, 2.05) is 0 Å². The van der Waals surface area contributed by atoms with E-state index in [1.165, 1.54) is 12.8 Å². The summed E-state index contributed by atoms with van der Waals surface area (Å²) in [5, 5.41) is 12.9. The van der Waals surface area contributed by atoms with Gasteiger partial charge in [-0.25, -0.2) is 0 Å². The number of hydrogen-bond acceptors (Lipinski definition) is 7. The number of nitrogens with zero attached hydrogens (tertiary/aromatic N) is 4. The Hall–Kier alpha value is -1.60. The lowest BCUT2D eigenvalue weighted by Crippen LogP contribution is -2.36. The Labute approximate surface area is 137 Å². The monoisotopic (exact) mass is 320 g/mol. The number of likely N-dealkylation sites (tertiary alicyclic amines) is 1. The highest BCUT2D eigenvalue weighted by Crippen LogP contribution is 2.19. The summed E-state index contributed by atoms with van der Waals surface area (Å²) in [5.74, 6) is 2.08. The van der Waals surface area contributed by atoms with Gasteiger partial charge in [-0.2, -0.15) is 9.97 Å². The summed E-state index contributed by atoms with van der Waals surface area (Å²) in [7, 11) is 0. The minimum absolute atomic E-state index is 0.0997. The van der Waals surface area contributed by atoms with Crippen LogP contribution in [0.25, 0.3) is 0 Å². The van der Waals surface area contributed by atoms with Gasteiger partial charge in [0.05, 0.1) is 6.10 Å². The summed E-state index contributed by atoms with van der Waals surface area (Å²) < 4.78 is 0. The van der Waals surface area contributed by atoms with Gasteiger partial charge in [0.15, 0.2) is 0 Å². The van der Waals surface area contributed by atoms with Crippen LogP contribution >= 0.6 is 0 Å². The van der Waals surface area contributed by atoms with Gasteiger partial charge < -0.3 is 26.0 Å². The molecule has 0 amide bonds. The van der Waals surface area contributed by atoms with Crippen molar-refractivity contribution in [3.63, 3.8) is 0 Å². The number of nitrogen functional groups attached to an aromatic ring is 1. The average molecular weight is 320 g/mol. The molecule has 2 aliphatic heterocycles. The molecule has 3 heterocycles. The van der Waals surface area contributed by atoms with Crippen molar-refractivity contribution in [3.8, 4) is 0 Å². The van der Waals surface area contributed by atoms with Crippen LogP contribution in [0.15, 0.2) is 6.07 Å². The second kappa shape index (κ2) is 7.79. The van der Waals surface area contributed by atoms with Crippen LogP contribution in [0.2, 0.25) is 0 Å².